The van der Waals surface area contributed by atoms with Gasteiger partial charge in [-0.25, -0.2) is 8.42 Å². The van der Waals surface area contributed by atoms with E-state index in [9.17, 15) is 8.42 Å². The number of rotatable bonds is 6. The summed E-state index contributed by atoms with van der Waals surface area (Å²) in [4.78, 5) is 0. The highest BCUT2D eigenvalue weighted by Gasteiger charge is 2.35. The van der Waals surface area contributed by atoms with Crippen molar-refractivity contribution in [3.05, 3.63) is 63.6 Å². The third-order valence-corrected chi connectivity index (χ3v) is 7.06. The molecule has 1 atom stereocenters. The Hall–Kier alpha value is -1.27. The molecule has 0 saturated carbocycles. The van der Waals surface area contributed by atoms with Crippen LogP contribution in [0.2, 0.25) is 10.0 Å². The molecule has 1 fully saturated rings. The van der Waals surface area contributed by atoms with Crippen molar-refractivity contribution in [2.75, 3.05) is 13.2 Å². The zero-order valence-corrected chi connectivity index (χ0v) is 16.8. The fraction of sp³-hybridized carbons (Fsp3) is 0.368. The molecule has 26 heavy (non-hydrogen) atoms. The average Bonchev–Trinajstić information content (AvgIpc) is 3.10. The first-order chi connectivity index (χ1) is 12.4. The largest absolute Gasteiger partial charge is 0.494 e. The highest BCUT2D eigenvalue weighted by molar-refractivity contribution is 7.88. The summed E-state index contributed by atoms with van der Waals surface area (Å²) < 4.78 is 33.0. The minimum Gasteiger partial charge on any atom is -0.494 e. The molecule has 3 rings (SSSR count). The number of hydrogen-bond acceptors (Lipinski definition) is 3. The highest BCUT2D eigenvalue weighted by atomic mass is 35.5. The van der Waals surface area contributed by atoms with Crippen molar-refractivity contribution in [3.63, 3.8) is 0 Å². The van der Waals surface area contributed by atoms with Gasteiger partial charge in [0.25, 0.3) is 0 Å². The average molecular weight is 414 g/mol. The van der Waals surface area contributed by atoms with Gasteiger partial charge in [-0.05, 0) is 55.2 Å². The zero-order valence-electron chi connectivity index (χ0n) is 14.5. The second kappa shape index (κ2) is 8.17. The highest BCUT2D eigenvalue weighted by Crippen LogP contribution is 2.36. The van der Waals surface area contributed by atoms with Gasteiger partial charge in [0.2, 0.25) is 10.0 Å². The Morgan fingerprint density at radius 3 is 2.50 bits per heavy atom. The van der Waals surface area contributed by atoms with E-state index in [0.29, 0.717) is 28.8 Å². The molecule has 2 aromatic rings. The van der Waals surface area contributed by atoms with Crippen molar-refractivity contribution in [2.24, 2.45) is 0 Å². The van der Waals surface area contributed by atoms with Crippen LogP contribution in [0.15, 0.2) is 42.5 Å². The first-order valence-electron chi connectivity index (χ1n) is 8.57. The molecule has 7 heteroatoms. The number of nitrogens with zero attached hydrogens (tertiary/aromatic N) is 1. The number of halogens is 2. The predicted octanol–water partition coefficient (Wildman–Crippen LogP) is 5.06. The molecule has 0 amide bonds. The predicted molar refractivity (Wildman–Crippen MR) is 105 cm³/mol. The Balaban J connectivity index is 1.80. The maximum Gasteiger partial charge on any atom is 0.218 e. The third-order valence-electron chi connectivity index (χ3n) is 4.47. The van der Waals surface area contributed by atoms with Crippen LogP contribution in [0, 0.1) is 0 Å². The van der Waals surface area contributed by atoms with E-state index in [1.807, 2.05) is 31.2 Å². The van der Waals surface area contributed by atoms with E-state index in [0.717, 1.165) is 24.2 Å². The lowest BCUT2D eigenvalue weighted by Gasteiger charge is -2.24. The van der Waals surface area contributed by atoms with Crippen LogP contribution in [-0.2, 0) is 15.8 Å². The quantitative estimate of drug-likeness (QED) is 0.664. The normalized spacial score (nSPS) is 18.2. The maximum absolute atomic E-state index is 13.0. The summed E-state index contributed by atoms with van der Waals surface area (Å²) in [5.41, 5.74) is 1.63. The van der Waals surface area contributed by atoms with Gasteiger partial charge in [-0.1, -0.05) is 41.4 Å². The molecule has 2 aromatic carbocycles. The zero-order chi connectivity index (χ0) is 18.7. The van der Waals surface area contributed by atoms with Crippen LogP contribution in [0.1, 0.15) is 36.9 Å². The first kappa shape index (κ1) is 19.5. The molecule has 0 aliphatic carbocycles. The minimum absolute atomic E-state index is 0.0859. The Morgan fingerprint density at radius 2 is 1.85 bits per heavy atom. The van der Waals surface area contributed by atoms with Gasteiger partial charge in [0.1, 0.15) is 5.75 Å². The van der Waals surface area contributed by atoms with Crippen molar-refractivity contribution >= 4 is 33.2 Å². The minimum atomic E-state index is -3.46. The summed E-state index contributed by atoms with van der Waals surface area (Å²) in [6, 6.07) is 12.5. The summed E-state index contributed by atoms with van der Waals surface area (Å²) in [6.45, 7) is 3.07. The Morgan fingerprint density at radius 1 is 1.12 bits per heavy atom. The molecule has 1 aliphatic rings. The second-order valence-corrected chi connectivity index (χ2v) is 9.01. The van der Waals surface area contributed by atoms with Crippen molar-refractivity contribution in [2.45, 2.75) is 31.6 Å². The molecule has 0 N–H and O–H groups in total. The standard InChI is InChI=1S/C19H21Cl2NO3S/c1-2-25-16-8-6-15(7-9-16)19-4-3-11-22(19)26(23,24)13-14-5-10-17(20)18(21)12-14/h5-10,12,19H,2-4,11,13H2,1H3/t19-/m0/s1. The van der Waals surface area contributed by atoms with Crippen LogP contribution in [0.4, 0.5) is 0 Å². The Bertz CT molecular complexity index is 869. The van der Waals surface area contributed by atoms with Gasteiger partial charge in [-0.15, -0.1) is 0 Å². The maximum atomic E-state index is 13.0. The molecule has 0 unspecified atom stereocenters. The van der Waals surface area contributed by atoms with E-state index in [1.54, 1.807) is 22.5 Å². The molecule has 1 aliphatic heterocycles. The van der Waals surface area contributed by atoms with Gasteiger partial charge in [0.05, 0.1) is 22.4 Å². The fourth-order valence-electron chi connectivity index (χ4n) is 3.28. The third kappa shape index (κ3) is 4.34. The van der Waals surface area contributed by atoms with Crippen LogP contribution in [0.3, 0.4) is 0 Å². The molecule has 1 heterocycles. The second-order valence-electron chi connectivity index (χ2n) is 6.28. The van der Waals surface area contributed by atoms with Crippen molar-refractivity contribution in [1.82, 2.24) is 4.31 Å². The van der Waals surface area contributed by atoms with Gasteiger partial charge >= 0.3 is 0 Å². The summed E-state index contributed by atoms with van der Waals surface area (Å²) in [6.07, 6.45) is 1.66. The Kier molecular flexibility index (Phi) is 6.13. The van der Waals surface area contributed by atoms with Gasteiger partial charge in [0.15, 0.2) is 0 Å². The van der Waals surface area contributed by atoms with E-state index >= 15 is 0 Å². The van der Waals surface area contributed by atoms with E-state index in [1.165, 1.54) is 0 Å². The summed E-state index contributed by atoms with van der Waals surface area (Å²) >= 11 is 11.9. The number of sulfonamides is 1. The van der Waals surface area contributed by atoms with Crippen LogP contribution >= 0.6 is 23.2 Å². The van der Waals surface area contributed by atoms with Crippen molar-refractivity contribution < 1.29 is 13.2 Å². The molecule has 0 aromatic heterocycles. The monoisotopic (exact) mass is 413 g/mol. The van der Waals surface area contributed by atoms with Gasteiger partial charge in [-0.3, -0.25) is 0 Å². The van der Waals surface area contributed by atoms with Gasteiger partial charge in [0, 0.05) is 12.6 Å². The number of benzene rings is 2. The topological polar surface area (TPSA) is 46.6 Å². The van der Waals surface area contributed by atoms with Gasteiger partial charge < -0.3 is 4.74 Å². The first-order valence-corrected chi connectivity index (χ1v) is 10.9. The van der Waals surface area contributed by atoms with E-state index in [-0.39, 0.29) is 11.8 Å². The Labute approximate surface area is 164 Å². The number of ether oxygens (including phenoxy) is 1. The molecule has 0 spiro atoms. The van der Waals surface area contributed by atoms with Crippen LogP contribution in [0.5, 0.6) is 5.75 Å². The van der Waals surface area contributed by atoms with E-state index in [4.69, 9.17) is 27.9 Å². The lowest BCUT2D eigenvalue weighted by molar-refractivity contribution is 0.339. The SMILES string of the molecule is CCOc1ccc([C@@H]2CCCN2S(=O)(=O)Cc2ccc(Cl)c(Cl)c2)cc1. The van der Waals surface area contributed by atoms with Crippen LogP contribution < -0.4 is 4.74 Å². The molecule has 4 nitrogen and oxygen atoms in total. The van der Waals surface area contributed by atoms with Crippen LogP contribution in [-0.4, -0.2) is 25.9 Å². The van der Waals surface area contributed by atoms with Crippen molar-refractivity contribution in [1.29, 1.82) is 0 Å². The lowest BCUT2D eigenvalue weighted by atomic mass is 10.1. The number of hydrogen-bond donors (Lipinski definition) is 0. The van der Waals surface area contributed by atoms with Crippen molar-refractivity contribution in [3.8, 4) is 5.75 Å². The summed E-state index contributed by atoms with van der Waals surface area (Å²) in [7, 11) is -3.46. The summed E-state index contributed by atoms with van der Waals surface area (Å²) in [5.74, 6) is 0.705. The summed E-state index contributed by atoms with van der Waals surface area (Å²) in [5, 5.41) is 0.783. The fourth-order valence-corrected chi connectivity index (χ4v) is 5.39. The van der Waals surface area contributed by atoms with Crippen LogP contribution in [0.25, 0.3) is 0 Å². The smallest absolute Gasteiger partial charge is 0.218 e. The lowest BCUT2D eigenvalue weighted by Crippen LogP contribution is -2.31. The molecular formula is C19H21Cl2NO3S. The molecule has 1 saturated heterocycles. The van der Waals surface area contributed by atoms with E-state index < -0.39 is 10.0 Å². The molecule has 0 radical (unpaired) electrons. The molecule has 0 bridgehead atoms. The van der Waals surface area contributed by atoms with E-state index in [2.05, 4.69) is 0 Å². The molecule has 140 valence electrons. The molecular weight excluding hydrogens is 393 g/mol. The van der Waals surface area contributed by atoms with Gasteiger partial charge in [-0.2, -0.15) is 4.31 Å².